The molecule has 2 aliphatic rings. The lowest BCUT2D eigenvalue weighted by molar-refractivity contribution is 0.124. The Balaban J connectivity index is 1.85. The van der Waals surface area contributed by atoms with Crippen molar-refractivity contribution in [2.24, 2.45) is 11.8 Å². The third kappa shape index (κ3) is 3.61. The van der Waals surface area contributed by atoms with Gasteiger partial charge < -0.3 is 0 Å². The Hall–Kier alpha value is -0.920. The summed E-state index contributed by atoms with van der Waals surface area (Å²) in [4.78, 5) is 0. The Morgan fingerprint density at radius 2 is 1.52 bits per heavy atom. The van der Waals surface area contributed by atoms with E-state index in [1.165, 1.54) is 57.8 Å². The van der Waals surface area contributed by atoms with E-state index in [1.807, 2.05) is 0 Å². The van der Waals surface area contributed by atoms with Gasteiger partial charge in [0.15, 0.2) is 0 Å². The molecule has 2 fully saturated rings. The molecule has 0 atom stereocenters. The molecule has 0 aliphatic heterocycles. The normalized spacial score (nSPS) is 27.8. The van der Waals surface area contributed by atoms with Crippen molar-refractivity contribution in [2.45, 2.75) is 83.0 Å². The van der Waals surface area contributed by atoms with Crippen LogP contribution in [0.1, 0.15) is 83.1 Å². The molecular formula is C21H30F2. The van der Waals surface area contributed by atoms with Crippen molar-refractivity contribution >= 4 is 0 Å². The fraction of sp³-hybridized carbons (Fsp3) is 0.714. The average Bonchev–Trinajstić information content (AvgIpc) is 2.55. The molecule has 2 saturated carbocycles. The molecule has 0 N–H and O–H groups in total. The van der Waals surface area contributed by atoms with E-state index in [0.29, 0.717) is 5.92 Å². The second-order valence-electron chi connectivity index (χ2n) is 7.88. The van der Waals surface area contributed by atoms with E-state index in [9.17, 15) is 8.78 Å². The molecule has 0 radical (unpaired) electrons. The summed E-state index contributed by atoms with van der Waals surface area (Å²) in [5.41, 5.74) is 0.965. The summed E-state index contributed by atoms with van der Waals surface area (Å²) in [5.74, 6) is 0.660. The number of rotatable bonds is 4. The average molecular weight is 320 g/mol. The van der Waals surface area contributed by atoms with Crippen LogP contribution in [0.4, 0.5) is 8.78 Å². The minimum Gasteiger partial charge on any atom is -0.207 e. The van der Waals surface area contributed by atoms with Gasteiger partial charge in [-0.05, 0) is 60.6 Å². The maximum atomic E-state index is 13.8. The van der Waals surface area contributed by atoms with Crippen LogP contribution >= 0.6 is 0 Å². The summed E-state index contributed by atoms with van der Waals surface area (Å²) in [6, 6.07) is 4.25. The summed E-state index contributed by atoms with van der Waals surface area (Å²) in [6.07, 6.45) is 13.6. The van der Waals surface area contributed by atoms with Crippen LogP contribution in [-0.2, 0) is 5.41 Å². The minimum atomic E-state index is -0.412. The summed E-state index contributed by atoms with van der Waals surface area (Å²) < 4.78 is 27.7. The standard InChI is InChI=1S/C21H30F2/c1-2-6-16-7-9-17(10-8-16)21(11-4-3-5-12-21)18-13-19(22)15-20(23)14-18/h13-17H,2-12H2,1H3/t16-,17-. The van der Waals surface area contributed by atoms with Crippen molar-refractivity contribution in [3.8, 4) is 0 Å². The van der Waals surface area contributed by atoms with Crippen LogP contribution in [0.5, 0.6) is 0 Å². The van der Waals surface area contributed by atoms with Gasteiger partial charge >= 0.3 is 0 Å². The third-order valence-corrected chi connectivity index (χ3v) is 6.51. The van der Waals surface area contributed by atoms with Gasteiger partial charge in [0.1, 0.15) is 11.6 Å². The highest BCUT2D eigenvalue weighted by atomic mass is 19.1. The van der Waals surface area contributed by atoms with Crippen molar-refractivity contribution in [3.05, 3.63) is 35.4 Å². The lowest BCUT2D eigenvalue weighted by Gasteiger charge is -2.47. The summed E-state index contributed by atoms with van der Waals surface area (Å²) in [6.45, 7) is 2.27. The minimum absolute atomic E-state index is 0.0262. The van der Waals surface area contributed by atoms with Crippen molar-refractivity contribution in [1.82, 2.24) is 0 Å². The predicted molar refractivity (Wildman–Crippen MR) is 91.5 cm³/mol. The van der Waals surface area contributed by atoms with E-state index in [1.54, 1.807) is 12.1 Å². The van der Waals surface area contributed by atoms with Crippen LogP contribution in [0.25, 0.3) is 0 Å². The molecule has 0 aromatic heterocycles. The fourth-order valence-corrected chi connectivity index (χ4v) is 5.37. The molecular weight excluding hydrogens is 290 g/mol. The largest absolute Gasteiger partial charge is 0.207 e. The lowest BCUT2D eigenvalue weighted by Crippen LogP contribution is -2.39. The second-order valence-corrected chi connectivity index (χ2v) is 7.88. The van der Waals surface area contributed by atoms with Gasteiger partial charge in [-0.3, -0.25) is 0 Å². The van der Waals surface area contributed by atoms with Gasteiger partial charge in [-0.1, -0.05) is 51.9 Å². The van der Waals surface area contributed by atoms with Crippen molar-refractivity contribution in [3.63, 3.8) is 0 Å². The molecule has 1 aromatic carbocycles. The zero-order valence-corrected chi connectivity index (χ0v) is 14.4. The first-order valence-corrected chi connectivity index (χ1v) is 9.60. The quantitative estimate of drug-likeness (QED) is 0.574. The molecule has 128 valence electrons. The van der Waals surface area contributed by atoms with Crippen LogP contribution in [0.15, 0.2) is 18.2 Å². The Labute approximate surface area is 139 Å². The third-order valence-electron chi connectivity index (χ3n) is 6.51. The molecule has 0 amide bonds. The molecule has 0 saturated heterocycles. The Morgan fingerprint density at radius 1 is 0.913 bits per heavy atom. The van der Waals surface area contributed by atoms with Crippen LogP contribution in [-0.4, -0.2) is 0 Å². The van der Waals surface area contributed by atoms with E-state index in [0.717, 1.165) is 30.4 Å². The summed E-state index contributed by atoms with van der Waals surface area (Å²) in [7, 11) is 0. The topological polar surface area (TPSA) is 0 Å². The van der Waals surface area contributed by atoms with E-state index in [4.69, 9.17) is 0 Å². The van der Waals surface area contributed by atoms with Crippen molar-refractivity contribution in [1.29, 1.82) is 0 Å². The second kappa shape index (κ2) is 7.32. The van der Waals surface area contributed by atoms with Crippen LogP contribution in [0.2, 0.25) is 0 Å². The zero-order chi connectivity index (χ0) is 16.3. The van der Waals surface area contributed by atoms with Gasteiger partial charge in [0.05, 0.1) is 0 Å². The molecule has 0 heterocycles. The maximum absolute atomic E-state index is 13.8. The van der Waals surface area contributed by atoms with Crippen LogP contribution < -0.4 is 0 Å². The van der Waals surface area contributed by atoms with Crippen molar-refractivity contribution in [2.75, 3.05) is 0 Å². The summed E-state index contributed by atoms with van der Waals surface area (Å²) in [5, 5.41) is 0. The lowest BCUT2D eigenvalue weighted by atomic mass is 9.57. The highest BCUT2D eigenvalue weighted by Gasteiger charge is 2.42. The van der Waals surface area contributed by atoms with Gasteiger partial charge in [0.25, 0.3) is 0 Å². The molecule has 0 nitrogen and oxygen atoms in total. The molecule has 0 bridgehead atoms. The van der Waals surface area contributed by atoms with Gasteiger partial charge in [-0.15, -0.1) is 0 Å². The predicted octanol–water partition coefficient (Wildman–Crippen LogP) is 6.77. The smallest absolute Gasteiger partial charge is 0.126 e. The Morgan fingerprint density at radius 3 is 2.09 bits per heavy atom. The van der Waals surface area contributed by atoms with Crippen LogP contribution in [0.3, 0.4) is 0 Å². The van der Waals surface area contributed by atoms with Crippen molar-refractivity contribution < 1.29 is 8.78 Å². The molecule has 2 heteroatoms. The Bertz CT molecular complexity index is 488. The maximum Gasteiger partial charge on any atom is 0.126 e. The van der Waals surface area contributed by atoms with Gasteiger partial charge in [0.2, 0.25) is 0 Å². The Kier molecular flexibility index (Phi) is 5.38. The molecule has 0 spiro atoms. The van der Waals surface area contributed by atoms with E-state index < -0.39 is 11.6 Å². The van der Waals surface area contributed by atoms with E-state index in [-0.39, 0.29) is 5.41 Å². The van der Waals surface area contributed by atoms with Gasteiger partial charge in [0, 0.05) is 6.07 Å². The first-order chi connectivity index (χ1) is 11.1. The van der Waals surface area contributed by atoms with Gasteiger partial charge in [-0.25, -0.2) is 8.78 Å². The van der Waals surface area contributed by atoms with E-state index in [2.05, 4.69) is 6.92 Å². The summed E-state index contributed by atoms with van der Waals surface area (Å²) >= 11 is 0. The zero-order valence-electron chi connectivity index (χ0n) is 14.4. The van der Waals surface area contributed by atoms with E-state index >= 15 is 0 Å². The number of hydrogen-bond donors (Lipinski definition) is 0. The number of hydrogen-bond acceptors (Lipinski definition) is 0. The van der Waals surface area contributed by atoms with Crippen LogP contribution in [0, 0.1) is 23.5 Å². The first kappa shape index (κ1) is 16.9. The molecule has 2 aliphatic carbocycles. The highest BCUT2D eigenvalue weighted by Crippen LogP contribution is 2.51. The molecule has 3 rings (SSSR count). The molecule has 0 unspecified atom stereocenters. The first-order valence-electron chi connectivity index (χ1n) is 9.60. The van der Waals surface area contributed by atoms with Gasteiger partial charge in [-0.2, -0.15) is 0 Å². The molecule has 1 aromatic rings. The SMILES string of the molecule is CCC[C@H]1CC[C@H](C2(c3cc(F)cc(F)c3)CCCCC2)CC1. The highest BCUT2D eigenvalue weighted by molar-refractivity contribution is 5.29. The monoisotopic (exact) mass is 320 g/mol. The fourth-order valence-electron chi connectivity index (χ4n) is 5.37. The number of benzene rings is 1. The molecule has 23 heavy (non-hydrogen) atoms. The number of halogens is 2.